The molecule has 0 radical (unpaired) electrons. The van der Waals surface area contributed by atoms with Crippen molar-refractivity contribution < 1.29 is 18.9 Å². The Kier molecular flexibility index (Phi) is 5.51. The second-order valence-corrected chi connectivity index (χ2v) is 8.28. The minimum atomic E-state index is -1.36. The number of rotatable bonds is 6. The highest BCUT2D eigenvalue weighted by atomic mass is 32.2. The number of benzene rings is 1. The largest absolute Gasteiger partial charge is 0.598 e. The summed E-state index contributed by atoms with van der Waals surface area (Å²) in [4.78, 5) is 11.2. The van der Waals surface area contributed by atoms with Gasteiger partial charge in [-0.15, -0.1) is 4.72 Å². The highest BCUT2D eigenvalue weighted by Crippen LogP contribution is 2.27. The summed E-state index contributed by atoms with van der Waals surface area (Å²) < 4.78 is 19.9. The first-order valence-corrected chi connectivity index (χ1v) is 8.45. The van der Waals surface area contributed by atoms with E-state index in [1.807, 2.05) is 51.1 Å². The molecule has 0 aliphatic heterocycles. The van der Waals surface area contributed by atoms with Crippen LogP contribution in [0.4, 0.5) is 0 Å². The van der Waals surface area contributed by atoms with E-state index in [1.165, 1.54) is 0 Å². The molecule has 2 rings (SSSR count). The maximum atomic E-state index is 12.3. The molecule has 2 atom stereocenters. The number of carboxylic acid groups (broad SMARTS) is 1. The predicted molar refractivity (Wildman–Crippen MR) is 90.2 cm³/mol. The lowest BCUT2D eigenvalue weighted by molar-refractivity contribution is -0.137. The molecule has 23 heavy (non-hydrogen) atoms. The van der Waals surface area contributed by atoms with Crippen LogP contribution in [0.2, 0.25) is 0 Å². The summed E-state index contributed by atoms with van der Waals surface area (Å²) in [7, 11) is 0. The average molecular weight is 335 g/mol. The van der Waals surface area contributed by atoms with Gasteiger partial charge in [-0.05, 0) is 44.0 Å². The molecule has 6 heteroatoms. The Balaban J connectivity index is 2.28. The Hall–Kier alpha value is -1.76. The molecule has 0 amide bonds. The normalized spacial score (nSPS) is 14.4. The van der Waals surface area contributed by atoms with Gasteiger partial charge in [-0.2, -0.15) is 0 Å². The fourth-order valence-corrected chi connectivity index (χ4v) is 2.90. The molecule has 0 saturated heterocycles. The topological polar surface area (TPSA) is 85.5 Å². The number of furan rings is 1. The Labute approximate surface area is 139 Å². The zero-order valence-corrected chi connectivity index (χ0v) is 14.2. The molecule has 1 aromatic heterocycles. The van der Waals surface area contributed by atoms with E-state index in [1.54, 1.807) is 12.5 Å². The summed E-state index contributed by atoms with van der Waals surface area (Å²) in [5.74, 6) is -0.942. The quantitative estimate of drug-likeness (QED) is 0.789. The SMILES string of the molecule is CC(C)(C)[S+]([O-])NC(CC(=O)O)c1cccc(-c2ccoc2)c1. The second-order valence-electron chi connectivity index (χ2n) is 6.29. The summed E-state index contributed by atoms with van der Waals surface area (Å²) in [5, 5.41) is 9.16. The number of carbonyl (C=O) groups is 1. The van der Waals surface area contributed by atoms with E-state index < -0.39 is 28.1 Å². The first-order chi connectivity index (χ1) is 10.8. The standard InChI is InChI=1S/C17H21NO4S/c1-17(2,3)23(21)18-15(10-16(19)20)13-6-4-5-12(9-13)14-7-8-22-11-14/h4-9,11,15,18H,10H2,1-3H3,(H,19,20). The minimum Gasteiger partial charge on any atom is -0.598 e. The third-order valence-electron chi connectivity index (χ3n) is 3.33. The summed E-state index contributed by atoms with van der Waals surface area (Å²) in [6, 6.07) is 8.82. The molecular weight excluding hydrogens is 314 g/mol. The Morgan fingerprint density at radius 2 is 2.09 bits per heavy atom. The van der Waals surface area contributed by atoms with E-state index in [2.05, 4.69) is 4.72 Å². The highest BCUT2D eigenvalue weighted by molar-refractivity contribution is 7.90. The van der Waals surface area contributed by atoms with Gasteiger partial charge < -0.3 is 14.1 Å². The van der Waals surface area contributed by atoms with Crippen LogP contribution in [0.1, 0.15) is 38.8 Å². The molecule has 0 aliphatic carbocycles. The predicted octanol–water partition coefficient (Wildman–Crippen LogP) is 3.51. The number of hydrogen-bond donors (Lipinski definition) is 2. The van der Waals surface area contributed by atoms with Gasteiger partial charge in [0.05, 0.1) is 25.0 Å². The molecule has 2 aromatic rings. The van der Waals surface area contributed by atoms with Gasteiger partial charge in [0.15, 0.2) is 0 Å². The second kappa shape index (κ2) is 7.21. The van der Waals surface area contributed by atoms with Crippen LogP contribution in [-0.4, -0.2) is 20.4 Å². The Morgan fingerprint density at radius 1 is 1.35 bits per heavy atom. The number of aliphatic carboxylic acids is 1. The van der Waals surface area contributed by atoms with Crippen molar-refractivity contribution >= 4 is 17.3 Å². The summed E-state index contributed by atoms with van der Waals surface area (Å²) in [6.07, 6.45) is 3.08. The van der Waals surface area contributed by atoms with Crippen LogP contribution in [-0.2, 0) is 16.2 Å². The fraction of sp³-hybridized carbons (Fsp3) is 0.353. The van der Waals surface area contributed by atoms with Crippen molar-refractivity contribution in [2.24, 2.45) is 0 Å². The van der Waals surface area contributed by atoms with Crippen LogP contribution in [0, 0.1) is 0 Å². The number of hydrogen-bond acceptors (Lipinski definition) is 4. The van der Waals surface area contributed by atoms with Crippen LogP contribution in [0.3, 0.4) is 0 Å². The van der Waals surface area contributed by atoms with Crippen LogP contribution in [0.25, 0.3) is 11.1 Å². The average Bonchev–Trinajstić information content (AvgIpc) is 2.99. The van der Waals surface area contributed by atoms with Crippen molar-refractivity contribution in [2.45, 2.75) is 38.0 Å². The molecule has 124 valence electrons. The molecule has 0 aliphatic rings. The molecule has 5 nitrogen and oxygen atoms in total. The van der Waals surface area contributed by atoms with Gasteiger partial charge in [-0.3, -0.25) is 4.79 Å². The molecule has 1 heterocycles. The Morgan fingerprint density at radius 3 is 2.65 bits per heavy atom. The third kappa shape index (κ3) is 4.86. The van der Waals surface area contributed by atoms with E-state index in [0.29, 0.717) is 0 Å². The molecule has 0 fully saturated rings. The van der Waals surface area contributed by atoms with E-state index in [0.717, 1.165) is 16.7 Å². The maximum Gasteiger partial charge on any atom is 0.305 e. The Bertz CT molecular complexity index is 649. The molecule has 1 aromatic carbocycles. The van der Waals surface area contributed by atoms with Crippen molar-refractivity contribution in [3.8, 4) is 11.1 Å². The zero-order chi connectivity index (χ0) is 17.0. The van der Waals surface area contributed by atoms with Crippen molar-refractivity contribution in [3.63, 3.8) is 0 Å². The lowest BCUT2D eigenvalue weighted by Gasteiger charge is -2.27. The number of nitrogens with one attached hydrogen (secondary N) is 1. The van der Waals surface area contributed by atoms with Crippen LogP contribution in [0.5, 0.6) is 0 Å². The zero-order valence-electron chi connectivity index (χ0n) is 13.4. The van der Waals surface area contributed by atoms with E-state index in [9.17, 15) is 9.35 Å². The van der Waals surface area contributed by atoms with Gasteiger partial charge in [-0.1, -0.05) is 18.2 Å². The summed E-state index contributed by atoms with van der Waals surface area (Å²) in [5.41, 5.74) is 2.62. The van der Waals surface area contributed by atoms with E-state index >= 15 is 0 Å². The monoisotopic (exact) mass is 335 g/mol. The molecular formula is C17H21NO4S. The highest BCUT2D eigenvalue weighted by Gasteiger charge is 2.30. The van der Waals surface area contributed by atoms with Gasteiger partial charge in [-0.25, -0.2) is 0 Å². The third-order valence-corrected chi connectivity index (χ3v) is 4.94. The van der Waals surface area contributed by atoms with Crippen LogP contribution < -0.4 is 4.72 Å². The van der Waals surface area contributed by atoms with Gasteiger partial charge in [0.1, 0.15) is 4.75 Å². The van der Waals surface area contributed by atoms with Crippen molar-refractivity contribution in [1.82, 2.24) is 4.72 Å². The maximum absolute atomic E-state index is 12.3. The van der Waals surface area contributed by atoms with E-state index in [-0.39, 0.29) is 6.42 Å². The number of carboxylic acids is 1. The van der Waals surface area contributed by atoms with Gasteiger partial charge in [0, 0.05) is 16.9 Å². The van der Waals surface area contributed by atoms with Gasteiger partial charge in [0.2, 0.25) is 0 Å². The molecule has 0 spiro atoms. The fourth-order valence-electron chi connectivity index (χ4n) is 2.07. The first-order valence-electron chi connectivity index (χ1n) is 7.30. The molecule has 2 N–H and O–H groups in total. The van der Waals surface area contributed by atoms with Crippen molar-refractivity contribution in [2.75, 3.05) is 0 Å². The molecule has 0 saturated carbocycles. The van der Waals surface area contributed by atoms with Gasteiger partial charge in [0.25, 0.3) is 0 Å². The van der Waals surface area contributed by atoms with Crippen LogP contribution >= 0.6 is 0 Å². The lowest BCUT2D eigenvalue weighted by atomic mass is 10.00. The summed E-state index contributed by atoms with van der Waals surface area (Å²) >= 11 is -1.36. The lowest BCUT2D eigenvalue weighted by Crippen LogP contribution is -2.41. The van der Waals surface area contributed by atoms with Crippen molar-refractivity contribution in [3.05, 3.63) is 48.4 Å². The smallest absolute Gasteiger partial charge is 0.305 e. The first kappa shape index (κ1) is 17.6. The minimum absolute atomic E-state index is 0.142. The molecule has 2 unspecified atom stereocenters. The molecule has 0 bridgehead atoms. The van der Waals surface area contributed by atoms with Crippen LogP contribution in [0.15, 0.2) is 47.3 Å². The van der Waals surface area contributed by atoms with Crippen molar-refractivity contribution in [1.29, 1.82) is 0 Å². The van der Waals surface area contributed by atoms with Gasteiger partial charge >= 0.3 is 5.97 Å². The van der Waals surface area contributed by atoms with E-state index in [4.69, 9.17) is 9.52 Å². The summed E-state index contributed by atoms with van der Waals surface area (Å²) in [6.45, 7) is 5.53.